The van der Waals surface area contributed by atoms with Crippen molar-refractivity contribution in [2.75, 3.05) is 0 Å². The van der Waals surface area contributed by atoms with E-state index in [0.29, 0.717) is 42.4 Å². The first kappa shape index (κ1) is 123. The fraction of sp³-hybridized carbons (Fsp3) is 0.873. The Kier molecular flexibility index (Phi) is 64.1. The van der Waals surface area contributed by atoms with Gasteiger partial charge in [0.1, 0.15) is 17.8 Å². The number of ether oxygens (including phenoxy) is 2. The number of nitrogens with zero attached hydrogens (tertiary/aromatic N) is 2. The Labute approximate surface area is 797 Å². The number of hydrogen-bond acceptors (Lipinski definition) is 5. The molecule has 16 aliphatic rings. The summed E-state index contributed by atoms with van der Waals surface area (Å²) in [6, 6.07) is 0. The van der Waals surface area contributed by atoms with Gasteiger partial charge in [0, 0.05) is 54.9 Å². The molecule has 0 spiro atoms. The molecule has 16 rings (SSSR count). The number of alkyl halides is 2. The second-order valence-corrected chi connectivity index (χ2v) is 46.0. The van der Waals surface area contributed by atoms with Crippen molar-refractivity contribution >= 4 is 18.4 Å². The molecule has 0 aromatic heterocycles. The molecule has 0 aliphatic heterocycles. The summed E-state index contributed by atoms with van der Waals surface area (Å²) in [6.07, 6.45) is 108. The van der Waals surface area contributed by atoms with Gasteiger partial charge in [-0.25, -0.2) is 8.78 Å². The SMILES string of the molecule is CC1CCC(/C(F)=C(\F)C2CC[CH-]CC2)CC1.CC1CCC(/C=N/N=C/C2CC[CH-]CC2)CC1.CC1CCC(C#CC2CC[CH-]CC2)CC1.CC1CCC(C2CC[CH-]CC2)CC1.CC1CCC(CCC2CC[CH-]CC2)CC1.CC1CCC(CCCCC2CC[CH-]CC2)CC1.CC1CCC(OC(=O)C2CC[CH-]CC2)CC1.CC1CCC(OC(F)(F)C2CC[CH-]CC2)CC1.[HH].[HH].[HH].[HH].[HH].[HH].[HH].[HH].[HH].[Rf].[Rf].[Rf].[Rf].[Rf].[Rf].[Rf].[Rf]. The van der Waals surface area contributed by atoms with Crippen LogP contribution in [0.3, 0.4) is 0 Å². The second kappa shape index (κ2) is 70.4. The van der Waals surface area contributed by atoms with Gasteiger partial charge in [-0.1, -0.05) is 298 Å². The van der Waals surface area contributed by atoms with Crippen LogP contribution in [0.15, 0.2) is 21.9 Å². The van der Waals surface area contributed by atoms with Gasteiger partial charge >= 0.3 is 12.1 Å². The van der Waals surface area contributed by atoms with Gasteiger partial charge in [-0.2, -0.15) is 122 Å². The van der Waals surface area contributed by atoms with Gasteiger partial charge in [0.2, 0.25) is 0 Å². The summed E-state index contributed by atoms with van der Waals surface area (Å²) in [7, 11) is 0. The number of allylic oxidation sites excluding steroid dienone is 2. The summed E-state index contributed by atoms with van der Waals surface area (Å²) in [5.41, 5.74) is 0. The van der Waals surface area contributed by atoms with E-state index in [-0.39, 0.29) is 48.8 Å². The quantitative estimate of drug-likeness (QED) is 0.0246. The molecule has 17 heteroatoms. The third kappa shape index (κ3) is 49.4. The second-order valence-electron chi connectivity index (χ2n) is 46.0. The maximum atomic E-state index is 14.1. The number of hydrogen-bond donors (Lipinski definition) is 0. The van der Waals surface area contributed by atoms with Crippen LogP contribution >= 0.6 is 0 Å². The molecular weight excluding hydrogens is 3710 g/mol. The third-order valence-corrected chi connectivity index (χ3v) is 34.8. The zero-order valence-electron chi connectivity index (χ0n) is 89.4. The summed E-state index contributed by atoms with van der Waals surface area (Å²) in [5, 5.41) is 8.49. The minimum Gasteiger partial charge on any atom is -0.462 e. The van der Waals surface area contributed by atoms with Gasteiger partial charge in [-0.15, -0.1) is 0 Å². The molecule has 0 aromatic rings. The molecule has 5 nitrogen and oxygen atoms in total. The van der Waals surface area contributed by atoms with Crippen molar-refractivity contribution in [3.05, 3.63) is 63.0 Å². The van der Waals surface area contributed by atoms with Crippen LogP contribution in [0.1, 0.15) is 518 Å². The van der Waals surface area contributed by atoms with Gasteiger partial charge in [0.15, 0.2) is 0 Å². The molecule has 0 heterocycles. The molecule has 0 unspecified atom stereocenters. The fourth-order valence-corrected chi connectivity index (χ4v) is 24.6. The Balaban J connectivity index is -0.000000203. The largest absolute Gasteiger partial charge is 0.462 e. The smallest absolute Gasteiger partial charge is 0.358 e. The molecule has 0 atom stereocenters. The van der Waals surface area contributed by atoms with Crippen LogP contribution in [0, 0.1) is 193 Å². The van der Waals surface area contributed by atoms with Gasteiger partial charge in [0.25, 0.3) is 0 Å². The normalized spacial score (nSPS) is 31.3. The van der Waals surface area contributed by atoms with E-state index in [9.17, 15) is 22.4 Å². The summed E-state index contributed by atoms with van der Waals surface area (Å²) in [6.45, 7) is 18.7. The zero-order chi connectivity index (χ0) is 89.9. The van der Waals surface area contributed by atoms with Crippen molar-refractivity contribution in [1.82, 2.24) is 0 Å². The van der Waals surface area contributed by atoms with E-state index in [2.05, 4.69) is 141 Å². The number of halogens is 4. The van der Waals surface area contributed by atoms with Gasteiger partial charge in [-0.3, -0.25) is 4.79 Å². The fourth-order valence-electron chi connectivity index (χ4n) is 24.6. The molecule has 0 radical (unpaired) electrons. The maximum absolute atomic E-state index is 14.1. The van der Waals surface area contributed by atoms with Crippen molar-refractivity contribution in [3.8, 4) is 11.8 Å². The number of carbonyl (C=O) groups is 1. The monoisotopic (exact) mass is 3920 g/mol. The summed E-state index contributed by atoms with van der Waals surface area (Å²) < 4.78 is 66.8. The molecule has 768 valence electrons. The van der Waals surface area contributed by atoms with Crippen LogP contribution in [-0.2, 0) is 14.3 Å². The number of carbonyl (C=O) groups excluding carboxylic acids is 1. The zero-order valence-corrected chi connectivity index (χ0v) is 141. The molecule has 0 aromatic carbocycles. The van der Waals surface area contributed by atoms with Crippen molar-refractivity contribution in [1.29, 1.82) is 0 Å². The van der Waals surface area contributed by atoms with E-state index in [4.69, 9.17) is 9.47 Å². The molecule has 0 N–H and O–H groups in total. The van der Waals surface area contributed by atoms with Crippen molar-refractivity contribution in [2.24, 2.45) is 140 Å². The van der Waals surface area contributed by atoms with Crippen LogP contribution in [0.25, 0.3) is 0 Å². The van der Waals surface area contributed by atoms with E-state index in [0.717, 1.165) is 205 Å². The molecule has 0 amide bonds. The third-order valence-electron chi connectivity index (χ3n) is 34.8. The summed E-state index contributed by atoms with van der Waals surface area (Å²) in [4.78, 5) is 11.9. The molecule has 16 saturated carbocycles. The van der Waals surface area contributed by atoms with Gasteiger partial charge in [0.05, 0.1) is 12.0 Å². The van der Waals surface area contributed by atoms with Crippen LogP contribution in [0.5, 0.6) is 0 Å². The van der Waals surface area contributed by atoms with Gasteiger partial charge in [-0.05, 0) is 210 Å². The number of esters is 1. The predicted octanol–water partition coefficient (Wildman–Crippen LogP) is 39.1. The van der Waals surface area contributed by atoms with Crippen LogP contribution in [0.2, 0.25) is 0 Å². The molecular formula is C118H216F4N2O3Rf8-8. The summed E-state index contributed by atoms with van der Waals surface area (Å²) >= 11 is 0. The van der Waals surface area contributed by atoms with Crippen LogP contribution in [0.4, 0.5) is 17.6 Å². The summed E-state index contributed by atoms with van der Waals surface area (Å²) in [5.74, 6) is 22.1. The Morgan fingerprint density at radius 3 is 0.970 bits per heavy atom. The predicted molar refractivity (Wildman–Crippen MR) is 552 cm³/mol. The molecule has 16 fully saturated rings. The Morgan fingerprint density at radius 2 is 0.563 bits per heavy atom. The van der Waals surface area contributed by atoms with E-state index in [1.54, 1.807) is 0 Å². The van der Waals surface area contributed by atoms with Crippen LogP contribution < -0.4 is 0 Å². The molecule has 0 saturated heterocycles. The number of unbranched alkanes of at least 4 members (excludes halogenated alkanes) is 1. The van der Waals surface area contributed by atoms with Crippen molar-refractivity contribution in [3.63, 3.8) is 0 Å². The first-order valence-corrected chi connectivity index (χ1v) is 56.2. The van der Waals surface area contributed by atoms with E-state index < -0.39 is 23.7 Å². The molecule has 135 heavy (non-hydrogen) atoms. The van der Waals surface area contributed by atoms with E-state index in [1.807, 2.05) is 0 Å². The average molecular weight is 3920 g/mol. The van der Waals surface area contributed by atoms with E-state index in [1.165, 1.54) is 308 Å². The van der Waals surface area contributed by atoms with Crippen LogP contribution in [-0.4, -0.2) is 36.7 Å². The van der Waals surface area contributed by atoms with Crippen molar-refractivity contribution < 1.29 is 44.7 Å². The van der Waals surface area contributed by atoms with Gasteiger partial charge < -0.3 is 60.8 Å². The molecule has 0 bridgehead atoms. The minimum atomic E-state index is -2.90. The standard InChI is InChI=1S/C17H31.C15H23F2.C15H25N2.C15H27.C15H23.C14H23F2O.C14H23O2.C13H23.8Rf.9H2/c1-15-11-13-17(14-12-15)10-6-5-9-16-7-3-2-4-8-16;1-11-7-9-13(10-8-11)15(17)14(16)12-5-3-2-4-6-12;1-13-7-9-15(10-8-13)12-17-16-11-14-5-3-2-4-6-14;2*1-13-7-9-15(10-8-13)12-11-14-5-3-2-4-6-14;1-11-7-9-13(10-8-11)17-14(15,16)12-5-3-2-4-6-12;1-11-7-9-13(10-8-11)16-14(15)12-5-3-2-4-6-12;1-11-7-9-13(10-8-11)12-5-3-2-4-6-12;;;;;;;;;;;;;;;;;/h2,15-17H,3-14H2,1H3;2,11-13H,3-10H2,1H3;2,11-15H,3-10H2,1H3;2,13-15H,3-12H2,1H3;2,13-15H,3-10H2,1H3;2,11-13H,3-10H2,1H3;2,11-13H,3-10H2,1H3;2,11-13H,3-10H2,1H3;;;;;;;;;9*1H/q8*-1;;;;;;;;;;;;;;;;;/b;15-14+;16-11+,17-12+;;;;;;;;;;;;;;;;;;;;;;. The number of rotatable bonds is 19. The molecule has 16 aliphatic carbocycles. The average Bonchev–Trinajstić information content (AvgIpc) is 0.838. The Hall–Kier alpha value is -10.2. The van der Waals surface area contributed by atoms with Crippen molar-refractivity contribution in [2.45, 2.75) is 523 Å². The maximum Gasteiger partial charge on any atom is 0.358 e. The first-order chi connectivity index (χ1) is 61.7. The minimum absolute atomic E-state index is 0. The topological polar surface area (TPSA) is 60.2 Å². The van der Waals surface area contributed by atoms with E-state index >= 15 is 0 Å². The Bertz CT molecular complexity index is 2950. The Morgan fingerprint density at radius 1 is 0.296 bits per heavy atom. The first-order valence-electron chi connectivity index (χ1n) is 56.2.